The van der Waals surface area contributed by atoms with E-state index in [2.05, 4.69) is 15.4 Å². The molecular weight excluding hydrogens is 262 g/mol. The Bertz CT molecular complexity index is 574. The minimum atomic E-state index is -0.191. The van der Waals surface area contributed by atoms with Gasteiger partial charge in [-0.3, -0.25) is 9.48 Å². The first-order valence-corrected chi connectivity index (χ1v) is 7.00. The van der Waals surface area contributed by atoms with Gasteiger partial charge >= 0.3 is 0 Å². The average molecular weight is 279 g/mol. The summed E-state index contributed by atoms with van der Waals surface area (Å²) in [6.45, 7) is 5.04. The number of nitrogens with zero attached hydrogens (tertiary/aromatic N) is 3. The molecule has 0 aliphatic rings. The number of hydrogen-bond acceptors (Lipinski definition) is 5. The maximum absolute atomic E-state index is 12.0. The molecule has 2 aromatic rings. The van der Waals surface area contributed by atoms with Crippen molar-refractivity contribution in [1.82, 2.24) is 20.1 Å². The van der Waals surface area contributed by atoms with Crippen LogP contribution in [0.3, 0.4) is 0 Å². The Balaban J connectivity index is 1.92. The maximum Gasteiger partial charge on any atom is 0.271 e. The number of rotatable bonds is 5. The monoisotopic (exact) mass is 279 g/mol. The number of nitrogen functional groups attached to an aromatic ring is 1. The average Bonchev–Trinajstić information content (AvgIpc) is 2.95. The first-order valence-electron chi connectivity index (χ1n) is 6.12. The lowest BCUT2D eigenvalue weighted by Crippen LogP contribution is -2.28. The van der Waals surface area contributed by atoms with Gasteiger partial charge in [-0.15, -0.1) is 11.3 Å². The standard InChI is InChI=1S/C12H17N5OS/c1-3-17-11(10(13)6-15-17)12(18)14-5-4-9-7-19-8(2)16-9/h6-7H,3-5,13H2,1-2H3,(H,14,18). The molecule has 0 fully saturated rings. The van der Waals surface area contributed by atoms with E-state index in [1.165, 1.54) is 6.20 Å². The van der Waals surface area contributed by atoms with Gasteiger partial charge in [0, 0.05) is 24.9 Å². The second kappa shape index (κ2) is 5.83. The summed E-state index contributed by atoms with van der Waals surface area (Å²) in [6, 6.07) is 0. The maximum atomic E-state index is 12.0. The van der Waals surface area contributed by atoms with E-state index >= 15 is 0 Å². The Labute approximate surface area is 115 Å². The molecule has 0 saturated carbocycles. The van der Waals surface area contributed by atoms with Gasteiger partial charge in [0.25, 0.3) is 5.91 Å². The highest BCUT2D eigenvalue weighted by Crippen LogP contribution is 2.11. The molecule has 0 aliphatic heterocycles. The molecular formula is C12H17N5OS. The van der Waals surface area contributed by atoms with Crippen LogP contribution in [0.2, 0.25) is 0 Å². The van der Waals surface area contributed by atoms with Crippen molar-refractivity contribution in [2.24, 2.45) is 0 Å². The van der Waals surface area contributed by atoms with Crippen LogP contribution in [0.5, 0.6) is 0 Å². The number of nitrogens with two attached hydrogens (primary N) is 1. The van der Waals surface area contributed by atoms with Crippen molar-refractivity contribution in [2.75, 3.05) is 12.3 Å². The number of carbonyl (C=O) groups is 1. The second-order valence-electron chi connectivity index (χ2n) is 4.13. The molecule has 2 aromatic heterocycles. The van der Waals surface area contributed by atoms with Crippen LogP contribution in [0, 0.1) is 6.92 Å². The second-order valence-corrected chi connectivity index (χ2v) is 5.19. The number of aromatic nitrogens is 3. The summed E-state index contributed by atoms with van der Waals surface area (Å²) >= 11 is 1.61. The fourth-order valence-corrected chi connectivity index (χ4v) is 2.45. The number of aryl methyl sites for hydroxylation is 2. The van der Waals surface area contributed by atoms with Crippen LogP contribution in [0.15, 0.2) is 11.6 Å². The molecule has 1 amide bonds. The molecule has 3 N–H and O–H groups in total. The Morgan fingerprint density at radius 1 is 1.58 bits per heavy atom. The van der Waals surface area contributed by atoms with Crippen LogP contribution in [0.25, 0.3) is 0 Å². The van der Waals surface area contributed by atoms with Crippen molar-refractivity contribution in [3.63, 3.8) is 0 Å². The highest BCUT2D eigenvalue weighted by molar-refractivity contribution is 7.09. The Morgan fingerprint density at radius 3 is 3.00 bits per heavy atom. The lowest BCUT2D eigenvalue weighted by atomic mass is 10.3. The summed E-state index contributed by atoms with van der Waals surface area (Å²) in [5, 5.41) is 9.93. The van der Waals surface area contributed by atoms with Gasteiger partial charge in [-0.25, -0.2) is 4.98 Å². The van der Waals surface area contributed by atoms with Gasteiger partial charge in [0.05, 0.1) is 22.6 Å². The van der Waals surface area contributed by atoms with Crippen molar-refractivity contribution in [1.29, 1.82) is 0 Å². The van der Waals surface area contributed by atoms with Crippen LogP contribution in [0.1, 0.15) is 28.1 Å². The van der Waals surface area contributed by atoms with Crippen LogP contribution in [-0.2, 0) is 13.0 Å². The molecule has 7 heteroatoms. The molecule has 19 heavy (non-hydrogen) atoms. The summed E-state index contributed by atoms with van der Waals surface area (Å²) in [6.07, 6.45) is 2.22. The van der Waals surface area contributed by atoms with Gasteiger partial charge in [-0.2, -0.15) is 5.10 Å². The third-order valence-electron chi connectivity index (χ3n) is 2.72. The van der Waals surface area contributed by atoms with Crippen LogP contribution < -0.4 is 11.1 Å². The number of thiazole rings is 1. The fraction of sp³-hybridized carbons (Fsp3) is 0.417. The van der Waals surface area contributed by atoms with Gasteiger partial charge in [-0.05, 0) is 13.8 Å². The van der Waals surface area contributed by atoms with E-state index < -0.39 is 0 Å². The number of nitrogens with one attached hydrogen (secondary N) is 1. The molecule has 0 saturated heterocycles. The number of amides is 1. The summed E-state index contributed by atoms with van der Waals surface area (Å²) in [5.74, 6) is -0.191. The molecule has 0 spiro atoms. The third kappa shape index (κ3) is 3.11. The molecule has 2 heterocycles. The van der Waals surface area contributed by atoms with Crippen LogP contribution in [-0.4, -0.2) is 27.2 Å². The van der Waals surface area contributed by atoms with Gasteiger partial charge < -0.3 is 11.1 Å². The Hall–Kier alpha value is -1.89. The first-order chi connectivity index (χ1) is 9.11. The van der Waals surface area contributed by atoms with E-state index in [9.17, 15) is 4.79 Å². The summed E-state index contributed by atoms with van der Waals surface area (Å²) < 4.78 is 1.59. The highest BCUT2D eigenvalue weighted by atomic mass is 32.1. The topological polar surface area (TPSA) is 85.8 Å². The highest BCUT2D eigenvalue weighted by Gasteiger charge is 2.15. The Kier molecular flexibility index (Phi) is 4.16. The lowest BCUT2D eigenvalue weighted by Gasteiger charge is -2.06. The van der Waals surface area contributed by atoms with Crippen molar-refractivity contribution in [3.05, 3.63) is 28.0 Å². The first kappa shape index (κ1) is 13.5. The van der Waals surface area contributed by atoms with E-state index in [0.29, 0.717) is 24.5 Å². The number of carbonyl (C=O) groups excluding carboxylic acids is 1. The van der Waals surface area contributed by atoms with E-state index in [-0.39, 0.29) is 5.91 Å². The van der Waals surface area contributed by atoms with Crippen molar-refractivity contribution in [2.45, 2.75) is 26.8 Å². The minimum absolute atomic E-state index is 0.191. The third-order valence-corrected chi connectivity index (χ3v) is 3.54. The van der Waals surface area contributed by atoms with Crippen LogP contribution >= 0.6 is 11.3 Å². The van der Waals surface area contributed by atoms with Crippen molar-refractivity contribution in [3.8, 4) is 0 Å². The number of hydrogen-bond donors (Lipinski definition) is 2. The van der Waals surface area contributed by atoms with E-state index in [0.717, 1.165) is 17.1 Å². The molecule has 0 aromatic carbocycles. The van der Waals surface area contributed by atoms with Gasteiger partial charge in [0.1, 0.15) is 5.69 Å². The molecule has 0 bridgehead atoms. The van der Waals surface area contributed by atoms with E-state index in [1.54, 1.807) is 16.0 Å². The Morgan fingerprint density at radius 2 is 2.37 bits per heavy atom. The molecule has 0 aliphatic carbocycles. The zero-order chi connectivity index (χ0) is 13.8. The molecule has 6 nitrogen and oxygen atoms in total. The molecule has 102 valence electrons. The molecule has 0 radical (unpaired) electrons. The van der Waals surface area contributed by atoms with Crippen LogP contribution in [0.4, 0.5) is 5.69 Å². The van der Waals surface area contributed by atoms with E-state index in [1.807, 2.05) is 19.2 Å². The lowest BCUT2D eigenvalue weighted by molar-refractivity contribution is 0.0944. The van der Waals surface area contributed by atoms with Gasteiger partial charge in [0.2, 0.25) is 0 Å². The molecule has 2 rings (SSSR count). The number of anilines is 1. The van der Waals surface area contributed by atoms with Gasteiger partial charge in [0.15, 0.2) is 0 Å². The largest absolute Gasteiger partial charge is 0.396 e. The summed E-state index contributed by atoms with van der Waals surface area (Å²) in [5.41, 5.74) is 7.58. The van der Waals surface area contributed by atoms with Crippen molar-refractivity contribution < 1.29 is 4.79 Å². The zero-order valence-electron chi connectivity index (χ0n) is 11.0. The van der Waals surface area contributed by atoms with Gasteiger partial charge in [-0.1, -0.05) is 0 Å². The fourth-order valence-electron chi connectivity index (χ4n) is 1.80. The minimum Gasteiger partial charge on any atom is -0.396 e. The van der Waals surface area contributed by atoms with Crippen molar-refractivity contribution >= 4 is 22.9 Å². The predicted molar refractivity (Wildman–Crippen MR) is 75.2 cm³/mol. The van der Waals surface area contributed by atoms with E-state index in [4.69, 9.17) is 5.73 Å². The smallest absolute Gasteiger partial charge is 0.271 e. The zero-order valence-corrected chi connectivity index (χ0v) is 11.8. The normalized spacial score (nSPS) is 10.6. The predicted octanol–water partition coefficient (Wildman–Crippen LogP) is 1.22. The summed E-state index contributed by atoms with van der Waals surface area (Å²) in [7, 11) is 0. The molecule has 0 unspecified atom stereocenters. The SMILES string of the molecule is CCn1ncc(N)c1C(=O)NCCc1csc(C)n1. The molecule has 0 atom stereocenters. The summed E-state index contributed by atoms with van der Waals surface area (Å²) in [4.78, 5) is 16.4. The quantitative estimate of drug-likeness (QED) is 0.861.